The fraction of sp³-hybridized carbons (Fsp3) is 0.818. The minimum absolute atomic E-state index is 0.186. The molecular weight excluding hydrogens is 299 g/mol. The lowest BCUT2D eigenvalue weighted by molar-refractivity contribution is 0.0556. The molecule has 0 N–H and O–H groups in total. The van der Waals surface area contributed by atoms with Crippen molar-refractivity contribution in [3.63, 3.8) is 0 Å². The lowest BCUT2D eigenvalue weighted by atomic mass is 9.81. The van der Waals surface area contributed by atoms with E-state index >= 15 is 0 Å². The molecule has 0 aromatic heterocycles. The van der Waals surface area contributed by atoms with E-state index in [1.807, 2.05) is 7.11 Å². The number of halogens is 1. The summed E-state index contributed by atoms with van der Waals surface area (Å²) in [6.07, 6.45) is 23.5. The molecule has 0 radical (unpaired) electrons. The minimum Gasteiger partial charge on any atom is -0.381 e. The second-order valence-corrected chi connectivity index (χ2v) is 7.80. The van der Waals surface area contributed by atoms with E-state index < -0.39 is 0 Å². The van der Waals surface area contributed by atoms with Crippen molar-refractivity contribution in [2.75, 3.05) is 13.8 Å². The van der Waals surface area contributed by atoms with Gasteiger partial charge in [-0.25, -0.2) is 0 Å². The summed E-state index contributed by atoms with van der Waals surface area (Å²) in [6.45, 7) is -0.186. The largest absolute Gasteiger partial charge is 0.381 e. The number of hydrogen-bond donors (Lipinski definition) is 0. The van der Waals surface area contributed by atoms with E-state index in [0.29, 0.717) is 12.5 Å². The van der Waals surface area contributed by atoms with Gasteiger partial charge in [0.2, 0.25) is 0 Å². The Morgan fingerprint density at radius 1 is 1.04 bits per heavy atom. The molecule has 2 heteroatoms. The highest BCUT2D eigenvalue weighted by Gasteiger charge is 2.21. The van der Waals surface area contributed by atoms with E-state index in [4.69, 9.17) is 4.74 Å². The lowest BCUT2D eigenvalue weighted by Crippen LogP contribution is -2.20. The number of ether oxygens (including phenoxy) is 1. The molecule has 24 heavy (non-hydrogen) atoms. The van der Waals surface area contributed by atoms with E-state index in [0.717, 1.165) is 18.3 Å². The van der Waals surface area contributed by atoms with Gasteiger partial charge in [-0.3, -0.25) is 4.39 Å². The van der Waals surface area contributed by atoms with Crippen LogP contribution in [0.2, 0.25) is 0 Å². The zero-order valence-corrected chi connectivity index (χ0v) is 15.6. The van der Waals surface area contributed by atoms with Crippen molar-refractivity contribution in [3.05, 3.63) is 23.8 Å². The Hall–Kier alpha value is -0.630. The van der Waals surface area contributed by atoms with Gasteiger partial charge in [-0.1, -0.05) is 23.8 Å². The quantitative estimate of drug-likeness (QED) is 0.315. The van der Waals surface area contributed by atoms with Gasteiger partial charge < -0.3 is 4.74 Å². The Balaban J connectivity index is 1.55. The van der Waals surface area contributed by atoms with E-state index in [9.17, 15) is 4.39 Å². The zero-order valence-electron chi connectivity index (χ0n) is 15.6. The summed E-state index contributed by atoms with van der Waals surface area (Å²) in [5.41, 5.74) is 1.72. The van der Waals surface area contributed by atoms with Crippen LogP contribution >= 0.6 is 0 Å². The monoisotopic (exact) mass is 336 g/mol. The van der Waals surface area contributed by atoms with Gasteiger partial charge in [0.25, 0.3) is 0 Å². The SMILES string of the molecule is COC1CCC(CCC2=CCC(CCC=CCCCF)CC2)CC1. The zero-order chi connectivity index (χ0) is 17.0. The van der Waals surface area contributed by atoms with Crippen molar-refractivity contribution in [1.29, 1.82) is 0 Å². The number of alkyl halides is 1. The molecule has 0 aromatic rings. The molecule has 0 saturated heterocycles. The first-order valence-corrected chi connectivity index (χ1v) is 10.2. The van der Waals surface area contributed by atoms with Crippen molar-refractivity contribution in [2.45, 2.75) is 89.6 Å². The van der Waals surface area contributed by atoms with Gasteiger partial charge >= 0.3 is 0 Å². The Bertz CT molecular complexity index is 379. The fourth-order valence-electron chi connectivity index (χ4n) is 4.24. The Morgan fingerprint density at radius 3 is 2.50 bits per heavy atom. The molecular formula is C22H37FO. The van der Waals surface area contributed by atoms with Crippen LogP contribution in [0.5, 0.6) is 0 Å². The number of allylic oxidation sites excluding steroid dienone is 4. The molecule has 1 nitrogen and oxygen atoms in total. The Kier molecular flexibility index (Phi) is 9.72. The van der Waals surface area contributed by atoms with Crippen LogP contribution in [-0.4, -0.2) is 19.9 Å². The van der Waals surface area contributed by atoms with Crippen LogP contribution in [0.4, 0.5) is 4.39 Å². The first kappa shape index (κ1) is 19.7. The third kappa shape index (κ3) is 7.51. The predicted octanol–water partition coefficient (Wildman–Crippen LogP) is 6.78. The number of hydrogen-bond acceptors (Lipinski definition) is 1. The number of unbranched alkanes of at least 4 members (excludes halogenated alkanes) is 1. The average Bonchev–Trinajstić information content (AvgIpc) is 2.64. The van der Waals surface area contributed by atoms with Crippen molar-refractivity contribution in [3.8, 4) is 0 Å². The van der Waals surface area contributed by atoms with Gasteiger partial charge in [-0.05, 0) is 95.3 Å². The third-order valence-corrected chi connectivity index (χ3v) is 6.03. The van der Waals surface area contributed by atoms with Gasteiger partial charge in [0.1, 0.15) is 0 Å². The summed E-state index contributed by atoms with van der Waals surface area (Å²) >= 11 is 0. The van der Waals surface area contributed by atoms with E-state index in [-0.39, 0.29) is 6.67 Å². The third-order valence-electron chi connectivity index (χ3n) is 6.03. The van der Waals surface area contributed by atoms with Crippen molar-refractivity contribution < 1.29 is 9.13 Å². The maximum Gasteiger partial charge on any atom is 0.0897 e. The van der Waals surface area contributed by atoms with Crippen LogP contribution in [0, 0.1) is 11.8 Å². The fourth-order valence-corrected chi connectivity index (χ4v) is 4.24. The first-order valence-electron chi connectivity index (χ1n) is 10.2. The summed E-state index contributed by atoms with van der Waals surface area (Å²) in [6, 6.07) is 0. The van der Waals surface area contributed by atoms with Crippen molar-refractivity contribution in [2.24, 2.45) is 11.8 Å². The molecule has 0 bridgehead atoms. The highest BCUT2D eigenvalue weighted by atomic mass is 19.1. The predicted molar refractivity (Wildman–Crippen MR) is 101 cm³/mol. The van der Waals surface area contributed by atoms with E-state index in [1.165, 1.54) is 70.6 Å². The molecule has 2 aliphatic rings. The normalized spacial score (nSPS) is 28.2. The number of methoxy groups -OCH3 is 1. The Labute approximate surface area is 148 Å². The summed E-state index contributed by atoms with van der Waals surface area (Å²) < 4.78 is 17.5. The van der Waals surface area contributed by atoms with Gasteiger partial charge in [-0.2, -0.15) is 0 Å². The molecule has 138 valence electrons. The first-order chi connectivity index (χ1) is 11.8. The van der Waals surface area contributed by atoms with Gasteiger partial charge in [-0.15, -0.1) is 0 Å². The summed E-state index contributed by atoms with van der Waals surface area (Å²) in [7, 11) is 1.86. The highest BCUT2D eigenvalue weighted by molar-refractivity contribution is 5.07. The van der Waals surface area contributed by atoms with Gasteiger partial charge in [0.05, 0.1) is 12.8 Å². The average molecular weight is 337 g/mol. The molecule has 2 rings (SSSR count). The summed E-state index contributed by atoms with van der Waals surface area (Å²) in [4.78, 5) is 0. The van der Waals surface area contributed by atoms with E-state index in [2.05, 4.69) is 18.2 Å². The summed E-state index contributed by atoms with van der Waals surface area (Å²) in [5, 5.41) is 0. The van der Waals surface area contributed by atoms with Crippen molar-refractivity contribution >= 4 is 0 Å². The molecule has 0 spiro atoms. The lowest BCUT2D eigenvalue weighted by Gasteiger charge is -2.28. The van der Waals surface area contributed by atoms with Crippen LogP contribution in [0.25, 0.3) is 0 Å². The molecule has 0 heterocycles. The van der Waals surface area contributed by atoms with Crippen LogP contribution < -0.4 is 0 Å². The topological polar surface area (TPSA) is 9.23 Å². The molecule has 1 atom stereocenters. The Morgan fingerprint density at radius 2 is 1.83 bits per heavy atom. The van der Waals surface area contributed by atoms with Crippen LogP contribution in [0.3, 0.4) is 0 Å². The summed E-state index contributed by atoms with van der Waals surface area (Å²) in [5.74, 6) is 1.81. The second-order valence-electron chi connectivity index (χ2n) is 7.80. The molecule has 1 saturated carbocycles. The van der Waals surface area contributed by atoms with E-state index in [1.54, 1.807) is 5.57 Å². The molecule has 0 aliphatic heterocycles. The minimum atomic E-state index is -0.186. The van der Waals surface area contributed by atoms with Gasteiger partial charge in [0.15, 0.2) is 0 Å². The maximum absolute atomic E-state index is 12.0. The maximum atomic E-state index is 12.0. The van der Waals surface area contributed by atoms with Crippen LogP contribution in [-0.2, 0) is 4.74 Å². The standard InChI is InChI=1S/C22H37FO/c1-24-22-16-14-21(15-17-22)13-12-20-10-8-19(9-11-20)7-5-3-2-4-6-18-23/h2-3,10,19,21-22H,4-9,11-18H2,1H3. The highest BCUT2D eigenvalue weighted by Crippen LogP contribution is 2.33. The number of rotatable bonds is 10. The molecule has 1 fully saturated rings. The van der Waals surface area contributed by atoms with Crippen LogP contribution in [0.15, 0.2) is 23.8 Å². The second kappa shape index (κ2) is 11.8. The molecule has 0 aromatic carbocycles. The van der Waals surface area contributed by atoms with Gasteiger partial charge in [0, 0.05) is 7.11 Å². The smallest absolute Gasteiger partial charge is 0.0897 e. The molecule has 2 aliphatic carbocycles. The molecule has 0 amide bonds. The van der Waals surface area contributed by atoms with Crippen LogP contribution in [0.1, 0.15) is 83.5 Å². The van der Waals surface area contributed by atoms with Crippen molar-refractivity contribution in [1.82, 2.24) is 0 Å². The molecule has 1 unspecified atom stereocenters.